The summed E-state index contributed by atoms with van der Waals surface area (Å²) in [5, 5.41) is 0. The molecule has 0 aliphatic carbocycles. The van der Waals surface area contributed by atoms with Gasteiger partial charge in [0.15, 0.2) is 0 Å². The van der Waals surface area contributed by atoms with Crippen LogP contribution in [-0.2, 0) is 0 Å². The van der Waals surface area contributed by atoms with Crippen LogP contribution in [0.2, 0.25) is 0 Å². The summed E-state index contributed by atoms with van der Waals surface area (Å²) in [6.07, 6.45) is 0. The summed E-state index contributed by atoms with van der Waals surface area (Å²) in [6.45, 7) is 19.2. The highest BCUT2D eigenvalue weighted by molar-refractivity contribution is 5.30. The van der Waals surface area contributed by atoms with E-state index in [-0.39, 0.29) is 0 Å². The minimum Gasteiger partial charge on any atom is -0.0590 e. The van der Waals surface area contributed by atoms with Crippen LogP contribution in [0.4, 0.5) is 0 Å². The van der Waals surface area contributed by atoms with Gasteiger partial charge in [0, 0.05) is 0 Å². The van der Waals surface area contributed by atoms with Crippen molar-refractivity contribution in [2.75, 3.05) is 0 Å². The van der Waals surface area contributed by atoms with Gasteiger partial charge < -0.3 is 0 Å². The SMILES string of the molecule is Cc1ccc(C)c(C)c1.Cc1ccc(C)c(C)c1.Cc1ccc(C)c(C)c1. The van der Waals surface area contributed by atoms with Crippen LogP contribution in [0.3, 0.4) is 0 Å². The van der Waals surface area contributed by atoms with Gasteiger partial charge in [0.2, 0.25) is 0 Å². The van der Waals surface area contributed by atoms with Crippen LogP contribution >= 0.6 is 0 Å². The summed E-state index contributed by atoms with van der Waals surface area (Å²) in [7, 11) is 0. The van der Waals surface area contributed by atoms with Gasteiger partial charge in [0.1, 0.15) is 0 Å². The zero-order valence-electron chi connectivity index (χ0n) is 18.7. The van der Waals surface area contributed by atoms with Crippen LogP contribution in [0.1, 0.15) is 50.1 Å². The molecule has 0 radical (unpaired) electrons. The maximum atomic E-state index is 2.20. The number of rotatable bonds is 0. The van der Waals surface area contributed by atoms with Crippen molar-refractivity contribution in [1.82, 2.24) is 0 Å². The molecule has 0 aliphatic heterocycles. The molecule has 0 fully saturated rings. The molecule has 0 spiro atoms. The monoisotopic (exact) mass is 360 g/mol. The zero-order chi connectivity index (χ0) is 20.6. The van der Waals surface area contributed by atoms with Crippen LogP contribution in [0.5, 0.6) is 0 Å². The van der Waals surface area contributed by atoms with Gasteiger partial charge in [-0.1, -0.05) is 71.3 Å². The molecule has 3 aromatic rings. The lowest BCUT2D eigenvalue weighted by atomic mass is 10.1. The first-order valence-electron chi connectivity index (χ1n) is 9.71. The van der Waals surface area contributed by atoms with Crippen LogP contribution in [0.15, 0.2) is 54.6 Å². The van der Waals surface area contributed by atoms with E-state index >= 15 is 0 Å². The maximum Gasteiger partial charge on any atom is -0.0395 e. The average Bonchev–Trinajstić information content (AvgIpc) is 2.60. The van der Waals surface area contributed by atoms with E-state index in [0.29, 0.717) is 0 Å². The van der Waals surface area contributed by atoms with E-state index in [2.05, 4.69) is 117 Å². The Morgan fingerprint density at radius 3 is 0.667 bits per heavy atom. The topological polar surface area (TPSA) is 0 Å². The molecule has 3 rings (SSSR count). The molecule has 0 amide bonds. The molecule has 3 aromatic carbocycles. The Kier molecular flexibility index (Phi) is 9.02. The number of hydrogen-bond donors (Lipinski definition) is 0. The van der Waals surface area contributed by atoms with Gasteiger partial charge in [-0.15, -0.1) is 0 Å². The molecule has 0 saturated heterocycles. The molecule has 0 saturated carbocycles. The minimum atomic E-state index is 1.35. The van der Waals surface area contributed by atoms with Crippen molar-refractivity contribution < 1.29 is 0 Å². The second kappa shape index (κ2) is 10.7. The summed E-state index contributed by atoms with van der Waals surface area (Å²) in [5.41, 5.74) is 12.3. The Balaban J connectivity index is 0.000000202. The molecule has 0 aromatic heterocycles. The van der Waals surface area contributed by atoms with Gasteiger partial charge in [0.05, 0.1) is 0 Å². The van der Waals surface area contributed by atoms with Crippen molar-refractivity contribution in [3.8, 4) is 0 Å². The highest BCUT2D eigenvalue weighted by Crippen LogP contribution is 2.09. The molecule has 0 N–H and O–H groups in total. The highest BCUT2D eigenvalue weighted by atomic mass is 14.0. The Hall–Kier alpha value is -2.34. The highest BCUT2D eigenvalue weighted by Gasteiger charge is 1.90. The molecule has 0 heterocycles. The summed E-state index contributed by atoms with van der Waals surface area (Å²) < 4.78 is 0. The lowest BCUT2D eigenvalue weighted by molar-refractivity contribution is 1.30. The Morgan fingerprint density at radius 1 is 0.296 bits per heavy atom. The van der Waals surface area contributed by atoms with Gasteiger partial charge >= 0.3 is 0 Å². The van der Waals surface area contributed by atoms with Crippen molar-refractivity contribution in [1.29, 1.82) is 0 Å². The molecule has 144 valence electrons. The fourth-order valence-electron chi connectivity index (χ4n) is 2.67. The van der Waals surface area contributed by atoms with E-state index < -0.39 is 0 Å². The normalized spacial score (nSPS) is 9.67. The summed E-state index contributed by atoms with van der Waals surface area (Å²) in [4.78, 5) is 0. The zero-order valence-corrected chi connectivity index (χ0v) is 18.7. The van der Waals surface area contributed by atoms with Crippen molar-refractivity contribution in [3.63, 3.8) is 0 Å². The second-order valence-corrected chi connectivity index (χ2v) is 7.76. The van der Waals surface area contributed by atoms with Gasteiger partial charge in [-0.2, -0.15) is 0 Å². The van der Waals surface area contributed by atoms with E-state index in [1.54, 1.807) is 0 Å². The van der Waals surface area contributed by atoms with E-state index in [1.807, 2.05) is 0 Å². The van der Waals surface area contributed by atoms with Crippen LogP contribution in [0, 0.1) is 62.3 Å². The summed E-state index contributed by atoms with van der Waals surface area (Å²) in [6, 6.07) is 19.5. The lowest BCUT2D eigenvalue weighted by Gasteiger charge is -1.98. The maximum absolute atomic E-state index is 2.20. The van der Waals surface area contributed by atoms with Crippen molar-refractivity contribution in [3.05, 3.63) is 105 Å². The molecule has 27 heavy (non-hydrogen) atoms. The third-order valence-electron chi connectivity index (χ3n) is 4.99. The number of benzene rings is 3. The predicted molar refractivity (Wildman–Crippen MR) is 122 cm³/mol. The molecule has 0 aliphatic rings. The van der Waals surface area contributed by atoms with E-state index in [0.717, 1.165) is 0 Å². The summed E-state index contributed by atoms with van der Waals surface area (Å²) >= 11 is 0. The Bertz CT molecular complexity index is 752. The smallest absolute Gasteiger partial charge is 0.0395 e. The van der Waals surface area contributed by atoms with Crippen LogP contribution in [-0.4, -0.2) is 0 Å². The summed E-state index contributed by atoms with van der Waals surface area (Å²) in [5.74, 6) is 0. The number of hydrogen-bond acceptors (Lipinski definition) is 0. The predicted octanol–water partition coefficient (Wildman–Crippen LogP) is 7.84. The molecule has 0 bridgehead atoms. The molecule has 0 unspecified atom stereocenters. The van der Waals surface area contributed by atoms with Crippen LogP contribution < -0.4 is 0 Å². The van der Waals surface area contributed by atoms with Gasteiger partial charge in [-0.05, 0) is 95.7 Å². The van der Waals surface area contributed by atoms with Crippen LogP contribution in [0.25, 0.3) is 0 Å². The minimum absolute atomic E-state index is 1.35. The fraction of sp³-hybridized carbons (Fsp3) is 0.333. The molecule has 0 atom stereocenters. The molecular weight excluding hydrogens is 324 g/mol. The first-order chi connectivity index (χ1) is 12.6. The van der Waals surface area contributed by atoms with Gasteiger partial charge in [-0.25, -0.2) is 0 Å². The van der Waals surface area contributed by atoms with Gasteiger partial charge in [-0.3, -0.25) is 0 Å². The molecule has 0 heteroatoms. The quantitative estimate of drug-likeness (QED) is 0.383. The third kappa shape index (κ3) is 8.26. The van der Waals surface area contributed by atoms with E-state index in [4.69, 9.17) is 0 Å². The van der Waals surface area contributed by atoms with Crippen molar-refractivity contribution in [2.24, 2.45) is 0 Å². The fourth-order valence-corrected chi connectivity index (χ4v) is 2.67. The first-order valence-corrected chi connectivity index (χ1v) is 9.71. The first kappa shape index (κ1) is 22.7. The third-order valence-corrected chi connectivity index (χ3v) is 4.99. The molecule has 0 nitrogen and oxygen atoms in total. The van der Waals surface area contributed by atoms with Gasteiger partial charge in [0.25, 0.3) is 0 Å². The average molecular weight is 361 g/mol. The van der Waals surface area contributed by atoms with E-state index in [9.17, 15) is 0 Å². The van der Waals surface area contributed by atoms with E-state index in [1.165, 1.54) is 50.1 Å². The molecular formula is C27H36. The van der Waals surface area contributed by atoms with Crippen molar-refractivity contribution in [2.45, 2.75) is 62.3 Å². The van der Waals surface area contributed by atoms with Crippen molar-refractivity contribution >= 4 is 0 Å². The standard InChI is InChI=1S/3C9H12/c3*1-7-4-5-8(2)9(3)6-7/h3*4-6H,1-3H3. The Labute approximate surface area is 167 Å². The largest absolute Gasteiger partial charge is 0.0590 e. The second-order valence-electron chi connectivity index (χ2n) is 7.76. The Morgan fingerprint density at radius 2 is 0.519 bits per heavy atom. The lowest BCUT2D eigenvalue weighted by Crippen LogP contribution is -1.79. The number of aryl methyl sites for hydroxylation is 9.